The van der Waals surface area contributed by atoms with Crippen LogP contribution in [0.4, 0.5) is 30.6 Å². The van der Waals surface area contributed by atoms with Gasteiger partial charge in [-0.1, -0.05) is 0 Å². The number of fused-ring (bicyclic) bond motifs is 1. The Morgan fingerprint density at radius 3 is 2.53 bits per heavy atom. The van der Waals surface area contributed by atoms with Gasteiger partial charge in [0.1, 0.15) is 23.6 Å². The molecular weight excluding hydrogens is 399 g/mol. The highest BCUT2D eigenvalue weighted by molar-refractivity contribution is 6.04. The Bertz CT molecular complexity index is 1090. The van der Waals surface area contributed by atoms with Crippen molar-refractivity contribution in [1.29, 1.82) is 0 Å². The number of nitrogens with one attached hydrogen (secondary N) is 1. The molecule has 1 aliphatic carbocycles. The summed E-state index contributed by atoms with van der Waals surface area (Å²) in [6.45, 7) is 0.525. The molecule has 1 aromatic carbocycles. The minimum Gasteiger partial charge on any atom is -0.490 e. The molecule has 2 heterocycles. The average Bonchev–Trinajstić information content (AvgIpc) is 2.68. The molecule has 2 aromatic rings. The number of anilines is 3. The van der Waals surface area contributed by atoms with Crippen molar-refractivity contribution in [3.63, 3.8) is 0 Å². The quantitative estimate of drug-likeness (QED) is 0.761. The van der Waals surface area contributed by atoms with Crippen molar-refractivity contribution in [3.8, 4) is 5.75 Å². The summed E-state index contributed by atoms with van der Waals surface area (Å²) in [5.74, 6) is -4.27. The monoisotopic (exact) mass is 424 g/mol. The van der Waals surface area contributed by atoms with Gasteiger partial charge >= 0.3 is 0 Å². The summed E-state index contributed by atoms with van der Waals surface area (Å²) in [4.78, 5) is 23.8. The van der Waals surface area contributed by atoms with Crippen LogP contribution in [0.3, 0.4) is 0 Å². The minimum absolute atomic E-state index is 0.0965. The van der Waals surface area contributed by atoms with Crippen molar-refractivity contribution >= 4 is 23.4 Å². The summed E-state index contributed by atoms with van der Waals surface area (Å²) in [7, 11) is 1.66. The molecule has 7 nitrogen and oxygen atoms in total. The van der Waals surface area contributed by atoms with Gasteiger partial charge in [0.2, 0.25) is 11.9 Å². The summed E-state index contributed by atoms with van der Waals surface area (Å²) < 4.78 is 68.6. The van der Waals surface area contributed by atoms with Crippen LogP contribution >= 0.6 is 0 Å². The van der Waals surface area contributed by atoms with Crippen LogP contribution in [0.25, 0.3) is 0 Å². The van der Waals surface area contributed by atoms with Gasteiger partial charge in [-0.25, -0.2) is 18.2 Å². The van der Waals surface area contributed by atoms with Crippen LogP contribution in [0.15, 0.2) is 12.1 Å². The molecule has 1 saturated carbocycles. The predicted octanol–water partition coefficient (Wildman–Crippen LogP) is 3.03. The second-order valence-electron chi connectivity index (χ2n) is 7.52. The van der Waals surface area contributed by atoms with E-state index >= 15 is 0 Å². The van der Waals surface area contributed by atoms with Gasteiger partial charge in [-0.3, -0.25) is 4.79 Å². The van der Waals surface area contributed by atoms with Crippen molar-refractivity contribution in [2.45, 2.75) is 44.9 Å². The van der Waals surface area contributed by atoms with Crippen molar-refractivity contribution in [2.75, 3.05) is 29.1 Å². The molecule has 10 heteroatoms. The van der Waals surface area contributed by atoms with E-state index in [1.54, 1.807) is 25.8 Å². The minimum atomic E-state index is -2.68. The zero-order valence-electron chi connectivity index (χ0n) is 19.5. The summed E-state index contributed by atoms with van der Waals surface area (Å²) in [6.07, 6.45) is 0.621. The van der Waals surface area contributed by atoms with E-state index in [0.717, 1.165) is 17.0 Å². The van der Waals surface area contributed by atoms with E-state index < -0.39 is 36.4 Å². The van der Waals surface area contributed by atoms with Gasteiger partial charge in [-0.15, -0.1) is 0 Å². The first-order valence-electron chi connectivity index (χ1n) is 10.9. The highest BCUT2D eigenvalue weighted by atomic mass is 19.2. The summed E-state index contributed by atoms with van der Waals surface area (Å²) >= 11 is 0. The SMILES string of the molecule is [2H]C([2H])([2H])N1C(=O)[C@H](C)N(C)c2nc(NC3CC(Oc4cc(F)c(F)c(F)c4)C3)nc(C)c21. The zero-order chi connectivity index (χ0) is 24.2. The molecule has 1 atom stereocenters. The number of carbonyl (C=O) groups is 1. The number of carbonyl (C=O) groups excluding carboxylic acids is 1. The van der Waals surface area contributed by atoms with Gasteiger partial charge < -0.3 is 19.9 Å². The third-order valence-corrected chi connectivity index (χ3v) is 5.44. The van der Waals surface area contributed by atoms with Gasteiger partial charge in [0.25, 0.3) is 0 Å². The largest absolute Gasteiger partial charge is 0.490 e. The maximum Gasteiger partial charge on any atom is 0.249 e. The standard InChI is InChI=1S/C20H22F3N5O2/c1-9-17-18(27(3)10(2)19(29)28(17)4)26-20(24-9)25-11-5-12(6-11)30-13-7-14(21)16(23)15(22)8-13/h7-8,10-12H,5-6H2,1-4H3,(H,24,25,26)/t10-,11?,12?/m0/s1/i4D3. The Morgan fingerprint density at radius 2 is 1.90 bits per heavy atom. The molecule has 1 aromatic heterocycles. The van der Waals surface area contributed by atoms with E-state index in [0.29, 0.717) is 24.4 Å². The van der Waals surface area contributed by atoms with E-state index in [1.165, 1.54) is 0 Å². The summed E-state index contributed by atoms with van der Waals surface area (Å²) in [6, 6.07) is 0.765. The van der Waals surface area contributed by atoms with Crippen LogP contribution in [0.1, 0.15) is 29.6 Å². The van der Waals surface area contributed by atoms with Gasteiger partial charge in [-0.05, 0) is 13.8 Å². The first-order chi connectivity index (χ1) is 15.4. The van der Waals surface area contributed by atoms with Crippen molar-refractivity contribution in [3.05, 3.63) is 35.3 Å². The number of hydrogen-bond donors (Lipinski definition) is 1. The van der Waals surface area contributed by atoms with Crippen LogP contribution in [0, 0.1) is 24.4 Å². The van der Waals surface area contributed by atoms with E-state index in [2.05, 4.69) is 15.3 Å². The first-order valence-corrected chi connectivity index (χ1v) is 9.40. The molecule has 1 aliphatic heterocycles. The molecule has 0 spiro atoms. The lowest BCUT2D eigenvalue weighted by Crippen LogP contribution is -2.50. The predicted molar refractivity (Wildman–Crippen MR) is 105 cm³/mol. The fourth-order valence-electron chi connectivity index (χ4n) is 3.53. The second-order valence-corrected chi connectivity index (χ2v) is 7.52. The Labute approximate surface area is 176 Å². The Morgan fingerprint density at radius 1 is 1.23 bits per heavy atom. The number of hydrogen-bond acceptors (Lipinski definition) is 6. The first kappa shape index (κ1) is 16.7. The number of amides is 1. The Balaban J connectivity index is 1.48. The number of ether oxygens (including phenoxy) is 1. The highest BCUT2D eigenvalue weighted by Gasteiger charge is 2.36. The molecule has 0 radical (unpaired) electrons. The van der Waals surface area contributed by atoms with Gasteiger partial charge in [0.05, 0.1) is 5.69 Å². The molecule has 0 bridgehead atoms. The molecular formula is C20H22F3N5O2. The normalized spacial score (nSPS) is 25.1. The number of aryl methyl sites for hydroxylation is 1. The Hall–Kier alpha value is -3.04. The number of nitrogens with zero attached hydrogens (tertiary/aromatic N) is 4. The lowest BCUT2D eigenvalue weighted by atomic mass is 9.89. The average molecular weight is 424 g/mol. The van der Waals surface area contributed by atoms with Gasteiger partial charge in [-0.2, -0.15) is 4.98 Å². The van der Waals surface area contributed by atoms with Crippen molar-refractivity contribution in [1.82, 2.24) is 9.97 Å². The Kier molecular flexibility index (Phi) is 4.09. The fraction of sp³-hybridized carbons (Fsp3) is 0.450. The van der Waals surface area contributed by atoms with Crippen molar-refractivity contribution in [2.24, 2.45) is 0 Å². The molecule has 160 valence electrons. The number of aromatic nitrogens is 2. The van der Waals surface area contributed by atoms with Crippen LogP contribution in [0.2, 0.25) is 0 Å². The lowest BCUT2D eigenvalue weighted by molar-refractivity contribution is -0.119. The van der Waals surface area contributed by atoms with Crippen LogP contribution < -0.4 is 19.9 Å². The summed E-state index contributed by atoms with van der Waals surface area (Å²) in [5.41, 5.74) is 0.469. The van der Waals surface area contributed by atoms with Gasteiger partial charge in [0.15, 0.2) is 23.3 Å². The number of benzene rings is 1. The molecule has 1 N–H and O–H groups in total. The molecule has 2 aliphatic rings. The highest BCUT2D eigenvalue weighted by Crippen LogP contribution is 2.36. The molecule has 4 rings (SSSR count). The summed E-state index contributed by atoms with van der Waals surface area (Å²) in [5, 5.41) is 3.14. The van der Waals surface area contributed by atoms with Crippen LogP contribution in [0.5, 0.6) is 5.75 Å². The lowest BCUT2D eigenvalue weighted by Gasteiger charge is -2.38. The maximum atomic E-state index is 13.3. The topological polar surface area (TPSA) is 70.6 Å². The van der Waals surface area contributed by atoms with E-state index in [-0.39, 0.29) is 29.5 Å². The number of rotatable bonds is 4. The van der Waals surface area contributed by atoms with E-state index in [9.17, 15) is 18.0 Å². The smallest absolute Gasteiger partial charge is 0.249 e. The van der Waals surface area contributed by atoms with Gasteiger partial charge in [0, 0.05) is 49.2 Å². The third kappa shape index (κ3) is 3.40. The number of likely N-dealkylation sites (N-methyl/N-ethyl adjacent to an activating group) is 2. The molecule has 30 heavy (non-hydrogen) atoms. The second kappa shape index (κ2) is 7.33. The number of halogens is 3. The fourth-order valence-corrected chi connectivity index (χ4v) is 3.53. The van der Waals surface area contributed by atoms with Crippen LogP contribution in [-0.2, 0) is 4.79 Å². The third-order valence-electron chi connectivity index (χ3n) is 5.44. The van der Waals surface area contributed by atoms with E-state index in [4.69, 9.17) is 8.85 Å². The molecule has 0 saturated heterocycles. The molecule has 1 fully saturated rings. The van der Waals surface area contributed by atoms with Crippen molar-refractivity contribution < 1.29 is 26.8 Å². The molecule has 1 amide bonds. The molecule has 0 unspecified atom stereocenters. The van der Waals surface area contributed by atoms with E-state index in [1.807, 2.05) is 0 Å². The van der Waals surface area contributed by atoms with Crippen LogP contribution in [-0.4, -0.2) is 48.1 Å². The zero-order valence-corrected chi connectivity index (χ0v) is 16.5. The maximum absolute atomic E-state index is 13.3.